The normalized spacial score (nSPS) is 16.9. The Morgan fingerprint density at radius 2 is 0.632 bits per heavy atom. The predicted molar refractivity (Wildman–Crippen MR) is 152 cm³/mol. The fraction of sp³-hybridized carbons (Fsp3) is 0.294. The quantitative estimate of drug-likeness (QED) is 0.198. The molecule has 0 spiro atoms. The summed E-state index contributed by atoms with van der Waals surface area (Å²) in [5.74, 6) is 0.198. The van der Waals surface area contributed by atoms with Crippen LogP contribution >= 0.6 is 0 Å². The summed E-state index contributed by atoms with van der Waals surface area (Å²) in [7, 11) is 0. The minimum Gasteiger partial charge on any atom is -0.507 e. The van der Waals surface area contributed by atoms with E-state index in [1.807, 2.05) is 90.1 Å². The van der Waals surface area contributed by atoms with E-state index in [0.29, 0.717) is 12.8 Å². The summed E-state index contributed by atoms with van der Waals surface area (Å²) in [4.78, 5) is 0. The first-order chi connectivity index (χ1) is 17.9. The van der Waals surface area contributed by atoms with Crippen molar-refractivity contribution in [1.29, 1.82) is 0 Å². The molecule has 4 aromatic carbocycles. The van der Waals surface area contributed by atoms with E-state index >= 15 is 0 Å². The number of aromatic hydroxyl groups is 4. The van der Waals surface area contributed by atoms with Crippen LogP contribution in [0, 0.1) is 27.7 Å². The van der Waals surface area contributed by atoms with Crippen molar-refractivity contribution in [1.82, 2.24) is 0 Å². The molecule has 4 nitrogen and oxygen atoms in total. The average Bonchev–Trinajstić information content (AvgIpc) is 2.85. The van der Waals surface area contributed by atoms with Gasteiger partial charge in [0.05, 0.1) is 0 Å². The minimum absolute atomic E-state index is 0.187. The van der Waals surface area contributed by atoms with Gasteiger partial charge in [-0.15, -0.1) is 0 Å². The van der Waals surface area contributed by atoms with Crippen LogP contribution in [0.25, 0.3) is 0 Å². The molecule has 0 amide bonds. The molecular formula is C34H36O4. The largest absolute Gasteiger partial charge is 0.507 e. The molecule has 0 fully saturated rings. The van der Waals surface area contributed by atoms with Crippen molar-refractivity contribution >= 4 is 0 Å². The molecule has 38 heavy (non-hydrogen) atoms. The zero-order valence-corrected chi connectivity index (χ0v) is 23.0. The zero-order valence-electron chi connectivity index (χ0n) is 23.0. The Kier molecular flexibility index (Phi) is 6.38. The van der Waals surface area contributed by atoms with E-state index in [4.69, 9.17) is 0 Å². The molecule has 0 aromatic heterocycles. The van der Waals surface area contributed by atoms with Crippen LogP contribution in [0.4, 0.5) is 0 Å². The number of aryl methyl sites for hydroxylation is 4. The van der Waals surface area contributed by atoms with E-state index in [-0.39, 0.29) is 34.8 Å². The van der Waals surface area contributed by atoms with Crippen molar-refractivity contribution in [3.63, 3.8) is 0 Å². The van der Waals surface area contributed by atoms with Gasteiger partial charge in [0.15, 0.2) is 0 Å². The van der Waals surface area contributed by atoms with Crippen LogP contribution in [0.2, 0.25) is 0 Å². The predicted octanol–water partition coefficient (Wildman–Crippen LogP) is 7.54. The fourth-order valence-electron chi connectivity index (χ4n) is 6.14. The topological polar surface area (TPSA) is 80.9 Å². The maximum absolute atomic E-state index is 11.5. The van der Waals surface area contributed by atoms with E-state index in [9.17, 15) is 20.4 Å². The summed E-state index contributed by atoms with van der Waals surface area (Å²) in [6.07, 6.45) is 0.715. The molecule has 0 radical (unpaired) electrons. The summed E-state index contributed by atoms with van der Waals surface area (Å²) < 4.78 is 0. The van der Waals surface area contributed by atoms with Crippen molar-refractivity contribution in [3.05, 3.63) is 115 Å². The van der Waals surface area contributed by atoms with Crippen molar-refractivity contribution < 1.29 is 20.4 Å². The number of benzene rings is 4. The van der Waals surface area contributed by atoms with E-state index < -0.39 is 0 Å². The number of rotatable bonds is 0. The van der Waals surface area contributed by atoms with Crippen LogP contribution < -0.4 is 0 Å². The van der Waals surface area contributed by atoms with Gasteiger partial charge in [-0.3, -0.25) is 0 Å². The Morgan fingerprint density at radius 3 is 0.842 bits per heavy atom. The summed E-state index contributed by atoms with van der Waals surface area (Å²) in [5, 5.41) is 45.9. The van der Waals surface area contributed by atoms with Gasteiger partial charge in [-0.2, -0.15) is 0 Å². The lowest BCUT2D eigenvalue weighted by Gasteiger charge is -2.24. The summed E-state index contributed by atoms with van der Waals surface area (Å²) in [6, 6.07) is 15.7. The number of phenolic OH excluding ortho intramolecular Hbond substituents is 4. The Labute approximate surface area is 224 Å². The molecule has 8 bridgehead atoms. The van der Waals surface area contributed by atoms with Gasteiger partial charge in [0.1, 0.15) is 23.0 Å². The molecule has 0 atom stereocenters. The van der Waals surface area contributed by atoms with Crippen molar-refractivity contribution in [2.75, 3.05) is 0 Å². The first-order valence-corrected chi connectivity index (χ1v) is 13.2. The van der Waals surface area contributed by atoms with Gasteiger partial charge in [0.2, 0.25) is 0 Å². The maximum Gasteiger partial charge on any atom is 0.122 e. The molecule has 1 aliphatic rings. The van der Waals surface area contributed by atoms with Gasteiger partial charge in [-0.05, 0) is 49.9 Å². The van der Waals surface area contributed by atoms with Crippen LogP contribution in [-0.2, 0) is 12.8 Å². The highest BCUT2D eigenvalue weighted by atomic mass is 16.3. The van der Waals surface area contributed by atoms with Gasteiger partial charge in [0, 0.05) is 46.9 Å². The second kappa shape index (κ2) is 9.43. The van der Waals surface area contributed by atoms with Crippen molar-refractivity contribution in [2.45, 2.75) is 66.2 Å². The minimum atomic E-state index is -0.274. The molecule has 0 aliphatic heterocycles. The summed E-state index contributed by atoms with van der Waals surface area (Å²) >= 11 is 0. The molecule has 0 unspecified atom stereocenters. The highest BCUT2D eigenvalue weighted by Gasteiger charge is 2.25. The Bertz CT molecular complexity index is 1350. The zero-order chi connectivity index (χ0) is 27.5. The lowest BCUT2D eigenvalue weighted by Crippen LogP contribution is -2.06. The molecule has 4 N–H and O–H groups in total. The number of fused-ring (bicyclic) bond motifs is 8. The Hall–Kier alpha value is -3.92. The maximum atomic E-state index is 11.5. The molecule has 0 saturated carbocycles. The van der Waals surface area contributed by atoms with Gasteiger partial charge >= 0.3 is 0 Å². The monoisotopic (exact) mass is 508 g/mol. The number of hydrogen-bond acceptors (Lipinski definition) is 4. The molecule has 4 heteroatoms. The van der Waals surface area contributed by atoms with Gasteiger partial charge in [-0.25, -0.2) is 0 Å². The number of phenols is 4. The first-order valence-electron chi connectivity index (χ1n) is 13.2. The van der Waals surface area contributed by atoms with Crippen LogP contribution in [0.5, 0.6) is 23.0 Å². The first kappa shape index (κ1) is 25.7. The van der Waals surface area contributed by atoms with Crippen LogP contribution in [-0.4, -0.2) is 20.4 Å². The van der Waals surface area contributed by atoms with E-state index in [0.717, 1.165) is 66.8 Å². The van der Waals surface area contributed by atoms with E-state index in [2.05, 4.69) is 0 Å². The Balaban J connectivity index is 1.85. The van der Waals surface area contributed by atoms with Gasteiger partial charge in [-0.1, -0.05) is 84.6 Å². The molecule has 0 saturated heterocycles. The second-order valence-electron chi connectivity index (χ2n) is 11.2. The molecule has 1 aliphatic carbocycles. The third-order valence-electron chi connectivity index (χ3n) is 8.08. The van der Waals surface area contributed by atoms with E-state index in [1.54, 1.807) is 0 Å². The van der Waals surface area contributed by atoms with Crippen molar-refractivity contribution in [3.8, 4) is 23.0 Å². The Morgan fingerprint density at radius 1 is 0.421 bits per heavy atom. The number of hydrogen-bond donors (Lipinski definition) is 4. The van der Waals surface area contributed by atoms with Gasteiger partial charge in [0.25, 0.3) is 0 Å². The smallest absolute Gasteiger partial charge is 0.122 e. The summed E-state index contributed by atoms with van der Waals surface area (Å²) in [6.45, 7) is 12.0. The molecular weight excluding hydrogens is 472 g/mol. The molecule has 4 aromatic rings. The molecule has 0 heterocycles. The fourth-order valence-corrected chi connectivity index (χ4v) is 6.14. The van der Waals surface area contributed by atoms with Gasteiger partial charge < -0.3 is 20.4 Å². The lowest BCUT2D eigenvalue weighted by molar-refractivity contribution is 0.444. The molecule has 196 valence electrons. The van der Waals surface area contributed by atoms with Crippen LogP contribution in [0.15, 0.2) is 48.5 Å². The van der Waals surface area contributed by atoms with Crippen molar-refractivity contribution in [2.24, 2.45) is 0 Å². The third kappa shape index (κ3) is 4.38. The van der Waals surface area contributed by atoms with E-state index in [1.165, 1.54) is 0 Å². The summed E-state index contributed by atoms with van der Waals surface area (Å²) in [5.41, 5.74) is 9.87. The third-order valence-corrected chi connectivity index (χ3v) is 8.08. The standard InChI is InChI=1S/C34H36O4/c1-17-7-23-15-24-8-18(2)13-29(32(24)36)22(6)30-14-20(4)10-26(34(30)38)16-25-9-19(3)12-28(33(25)37)21(5)27(11-17)31(23)35/h7-14,21-22,35-38H,15-16H2,1-6H3. The SMILES string of the molecule is Cc1cc2c(O)c(c1)C(C)c1cc(C)cc(c1O)Cc1cc(C)cc(c1O)C(C)c1cc(C)cc(c1O)C2. The van der Waals surface area contributed by atoms with Crippen LogP contribution in [0.3, 0.4) is 0 Å². The highest BCUT2D eigenvalue weighted by Crippen LogP contribution is 2.44. The second-order valence-corrected chi connectivity index (χ2v) is 11.2. The average molecular weight is 509 g/mol. The molecule has 5 rings (SSSR count). The van der Waals surface area contributed by atoms with Crippen LogP contribution in [0.1, 0.15) is 92.4 Å². The highest BCUT2D eigenvalue weighted by molar-refractivity contribution is 5.59. The lowest BCUT2D eigenvalue weighted by atomic mass is 9.83.